The van der Waals surface area contributed by atoms with E-state index in [9.17, 15) is 5.11 Å². The number of hydrogen-bond acceptors (Lipinski definition) is 3. The van der Waals surface area contributed by atoms with Crippen molar-refractivity contribution in [3.63, 3.8) is 0 Å². The van der Waals surface area contributed by atoms with E-state index in [4.69, 9.17) is 4.74 Å². The van der Waals surface area contributed by atoms with Gasteiger partial charge in [0.15, 0.2) is 0 Å². The van der Waals surface area contributed by atoms with Crippen LogP contribution in [-0.2, 0) is 6.54 Å². The van der Waals surface area contributed by atoms with Crippen LogP contribution < -0.4 is 10.1 Å². The Labute approximate surface area is 136 Å². The molecule has 1 aliphatic carbocycles. The zero-order chi connectivity index (χ0) is 15.4. The van der Waals surface area contributed by atoms with E-state index in [1.165, 1.54) is 0 Å². The molecule has 118 valence electrons. The fraction of sp³-hybridized carbons (Fsp3) is 0.647. The molecule has 1 aromatic carbocycles. The number of ether oxygens (including phenoxy) is 1. The Morgan fingerprint density at radius 3 is 2.71 bits per heavy atom. The number of nitrogens with one attached hydrogen (secondary N) is 1. The summed E-state index contributed by atoms with van der Waals surface area (Å²) >= 11 is 3.56. The van der Waals surface area contributed by atoms with Crippen LogP contribution in [0.4, 0.5) is 0 Å². The van der Waals surface area contributed by atoms with Gasteiger partial charge in [-0.2, -0.15) is 0 Å². The molecule has 1 saturated carbocycles. The van der Waals surface area contributed by atoms with Gasteiger partial charge in [-0.1, -0.05) is 36.2 Å². The summed E-state index contributed by atoms with van der Waals surface area (Å²) in [5.74, 6) is 0.928. The Balaban J connectivity index is 2.19. The van der Waals surface area contributed by atoms with Crippen molar-refractivity contribution in [2.45, 2.75) is 71.2 Å². The largest absolute Gasteiger partial charge is 0.487 e. The Hall–Kier alpha value is -0.580. The van der Waals surface area contributed by atoms with Crippen molar-refractivity contribution in [3.05, 3.63) is 27.7 Å². The first-order chi connectivity index (χ1) is 9.97. The van der Waals surface area contributed by atoms with Gasteiger partial charge in [-0.3, -0.25) is 0 Å². The van der Waals surface area contributed by atoms with Gasteiger partial charge in [-0.15, -0.1) is 0 Å². The molecular formula is C17H26BrNO2. The predicted molar refractivity (Wildman–Crippen MR) is 89.7 cm³/mol. The van der Waals surface area contributed by atoms with Crippen molar-refractivity contribution < 1.29 is 9.84 Å². The minimum atomic E-state index is -0.340. The quantitative estimate of drug-likeness (QED) is 0.840. The maximum Gasteiger partial charge on any atom is 0.127 e. The van der Waals surface area contributed by atoms with Crippen LogP contribution in [0.2, 0.25) is 0 Å². The summed E-state index contributed by atoms with van der Waals surface area (Å²) in [6, 6.07) is 4.61. The zero-order valence-corrected chi connectivity index (χ0v) is 14.7. The van der Waals surface area contributed by atoms with Crippen molar-refractivity contribution in [3.8, 4) is 5.75 Å². The number of benzene rings is 1. The molecule has 1 aromatic rings. The molecule has 0 amide bonds. The highest BCUT2D eigenvalue weighted by Crippen LogP contribution is 2.32. The van der Waals surface area contributed by atoms with Gasteiger partial charge in [0.1, 0.15) is 11.9 Å². The second-order valence-electron chi connectivity index (χ2n) is 6.25. The van der Waals surface area contributed by atoms with Crippen molar-refractivity contribution >= 4 is 15.9 Å². The number of rotatable bonds is 5. The Morgan fingerprint density at radius 2 is 2.05 bits per heavy atom. The molecule has 2 rings (SSSR count). The molecule has 0 radical (unpaired) electrons. The zero-order valence-electron chi connectivity index (χ0n) is 13.2. The number of aliphatic hydroxyl groups is 1. The molecule has 0 spiro atoms. The van der Waals surface area contributed by atoms with Crippen LogP contribution in [0.5, 0.6) is 5.75 Å². The summed E-state index contributed by atoms with van der Waals surface area (Å²) in [5.41, 5.74) is 2.26. The van der Waals surface area contributed by atoms with E-state index in [0.29, 0.717) is 6.04 Å². The summed E-state index contributed by atoms with van der Waals surface area (Å²) in [5, 5.41) is 13.6. The van der Waals surface area contributed by atoms with E-state index < -0.39 is 0 Å². The van der Waals surface area contributed by atoms with Crippen LogP contribution in [0.15, 0.2) is 16.6 Å². The van der Waals surface area contributed by atoms with Crippen LogP contribution >= 0.6 is 15.9 Å². The van der Waals surface area contributed by atoms with Gasteiger partial charge in [-0.05, 0) is 43.9 Å². The summed E-state index contributed by atoms with van der Waals surface area (Å²) in [6.07, 6.45) is 3.61. The molecule has 0 bridgehead atoms. The Morgan fingerprint density at radius 1 is 1.33 bits per heavy atom. The van der Waals surface area contributed by atoms with E-state index in [0.717, 1.165) is 53.6 Å². The lowest BCUT2D eigenvalue weighted by atomic mass is 9.94. The highest BCUT2D eigenvalue weighted by Gasteiger charge is 2.26. The van der Waals surface area contributed by atoms with Crippen molar-refractivity contribution in [2.24, 2.45) is 0 Å². The lowest BCUT2D eigenvalue weighted by Gasteiger charge is -2.30. The average molecular weight is 356 g/mol. The van der Waals surface area contributed by atoms with Gasteiger partial charge in [0, 0.05) is 22.6 Å². The minimum Gasteiger partial charge on any atom is -0.487 e. The van der Waals surface area contributed by atoms with Crippen molar-refractivity contribution in [1.82, 2.24) is 5.32 Å². The number of aliphatic hydroxyl groups excluding tert-OH is 1. The van der Waals surface area contributed by atoms with E-state index in [1.54, 1.807) is 0 Å². The van der Waals surface area contributed by atoms with E-state index >= 15 is 0 Å². The third-order valence-corrected chi connectivity index (χ3v) is 4.41. The molecule has 1 aliphatic rings. The average Bonchev–Trinajstić information content (AvgIpc) is 2.41. The number of hydrogen-bond donors (Lipinski definition) is 2. The maximum atomic E-state index is 10.1. The molecule has 2 unspecified atom stereocenters. The number of halogens is 1. The molecule has 0 saturated heterocycles. The lowest BCUT2D eigenvalue weighted by molar-refractivity contribution is 0.00600. The molecule has 4 heteroatoms. The second kappa shape index (κ2) is 7.61. The fourth-order valence-corrected chi connectivity index (χ4v) is 3.40. The van der Waals surface area contributed by atoms with Crippen LogP contribution in [0.1, 0.15) is 50.7 Å². The molecule has 2 atom stereocenters. The molecule has 2 N–H and O–H groups in total. The topological polar surface area (TPSA) is 41.5 Å². The Bertz CT molecular complexity index is 476. The molecule has 0 aliphatic heterocycles. The highest BCUT2D eigenvalue weighted by atomic mass is 79.9. The summed E-state index contributed by atoms with van der Waals surface area (Å²) < 4.78 is 7.27. The summed E-state index contributed by atoms with van der Waals surface area (Å²) in [7, 11) is 0. The summed E-state index contributed by atoms with van der Waals surface area (Å²) in [6.45, 7) is 7.11. The SMILES string of the molecule is Cc1cc(Br)cc(CNC(C)C)c1OC1CCCCC1O. The van der Waals surface area contributed by atoms with Gasteiger partial charge >= 0.3 is 0 Å². The molecule has 0 heterocycles. The molecular weight excluding hydrogens is 330 g/mol. The molecule has 0 aromatic heterocycles. The first-order valence-corrected chi connectivity index (χ1v) is 8.64. The third-order valence-electron chi connectivity index (χ3n) is 3.95. The normalized spacial score (nSPS) is 22.6. The minimum absolute atomic E-state index is 0.0728. The van der Waals surface area contributed by atoms with Gasteiger partial charge in [-0.25, -0.2) is 0 Å². The van der Waals surface area contributed by atoms with Gasteiger partial charge in [0.05, 0.1) is 6.10 Å². The monoisotopic (exact) mass is 355 g/mol. The van der Waals surface area contributed by atoms with Crippen LogP contribution in [0.25, 0.3) is 0 Å². The Kier molecular flexibility index (Phi) is 6.08. The molecule has 1 fully saturated rings. The van der Waals surface area contributed by atoms with E-state index in [-0.39, 0.29) is 12.2 Å². The van der Waals surface area contributed by atoms with E-state index in [1.807, 2.05) is 0 Å². The smallest absolute Gasteiger partial charge is 0.127 e. The van der Waals surface area contributed by atoms with Crippen LogP contribution in [0.3, 0.4) is 0 Å². The van der Waals surface area contributed by atoms with Crippen LogP contribution in [-0.4, -0.2) is 23.4 Å². The van der Waals surface area contributed by atoms with Crippen molar-refractivity contribution in [2.75, 3.05) is 0 Å². The first-order valence-electron chi connectivity index (χ1n) is 7.84. The van der Waals surface area contributed by atoms with Crippen LogP contribution in [0, 0.1) is 6.92 Å². The fourth-order valence-electron chi connectivity index (χ4n) is 2.78. The lowest BCUT2D eigenvalue weighted by Crippen LogP contribution is -2.35. The standard InChI is InChI=1S/C17H26BrNO2/c1-11(2)19-10-13-9-14(18)8-12(3)17(13)21-16-7-5-4-6-15(16)20/h8-9,11,15-16,19-20H,4-7,10H2,1-3H3. The second-order valence-corrected chi connectivity index (χ2v) is 7.17. The van der Waals surface area contributed by atoms with Gasteiger partial charge in [0.25, 0.3) is 0 Å². The maximum absolute atomic E-state index is 10.1. The molecule has 3 nitrogen and oxygen atoms in total. The first kappa shape index (κ1) is 16.8. The predicted octanol–water partition coefficient (Wildman–Crippen LogP) is 3.94. The van der Waals surface area contributed by atoms with Gasteiger partial charge in [0.2, 0.25) is 0 Å². The number of aryl methyl sites for hydroxylation is 1. The van der Waals surface area contributed by atoms with E-state index in [2.05, 4.69) is 54.2 Å². The highest BCUT2D eigenvalue weighted by molar-refractivity contribution is 9.10. The molecule has 21 heavy (non-hydrogen) atoms. The third kappa shape index (κ3) is 4.70. The van der Waals surface area contributed by atoms with Crippen molar-refractivity contribution in [1.29, 1.82) is 0 Å². The van der Waals surface area contributed by atoms with Gasteiger partial charge < -0.3 is 15.2 Å². The summed E-state index contributed by atoms with van der Waals surface area (Å²) in [4.78, 5) is 0.